The zero-order valence-corrected chi connectivity index (χ0v) is 14.1. The molecular weight excluding hydrogens is 304 g/mol. The molecule has 2 rings (SSSR count). The van der Waals surface area contributed by atoms with Crippen LogP contribution in [0.15, 0.2) is 45.1 Å². The van der Waals surface area contributed by atoms with Crippen LogP contribution in [0.3, 0.4) is 0 Å². The van der Waals surface area contributed by atoms with E-state index in [1.807, 2.05) is 43.2 Å². The van der Waals surface area contributed by atoms with E-state index in [4.69, 9.17) is 0 Å². The average Bonchev–Trinajstić information content (AvgIpc) is 2.90. The molecule has 112 valence electrons. The van der Waals surface area contributed by atoms with E-state index in [-0.39, 0.29) is 5.78 Å². The lowest BCUT2D eigenvalue weighted by molar-refractivity contribution is -0.132. The van der Waals surface area contributed by atoms with Crippen molar-refractivity contribution in [1.82, 2.24) is 0 Å². The van der Waals surface area contributed by atoms with Crippen LogP contribution in [-0.2, 0) is 4.79 Å². The maximum absolute atomic E-state index is 12.2. The summed E-state index contributed by atoms with van der Waals surface area (Å²) < 4.78 is 0. The fourth-order valence-electron chi connectivity index (χ4n) is 2.34. The number of aliphatic carboxylic acids is 1. The van der Waals surface area contributed by atoms with Crippen LogP contribution in [0.4, 0.5) is 0 Å². The van der Waals surface area contributed by atoms with Crippen molar-refractivity contribution >= 4 is 33.1 Å². The van der Waals surface area contributed by atoms with E-state index in [2.05, 4.69) is 0 Å². The molecule has 2 heterocycles. The molecule has 0 fully saturated rings. The number of hydrogen-bond acceptors (Lipinski definition) is 3. The van der Waals surface area contributed by atoms with Crippen LogP contribution in [0.1, 0.15) is 22.2 Å². The van der Waals surface area contributed by atoms with E-state index < -0.39 is 16.0 Å². The minimum Gasteiger partial charge on any atom is -0.478 e. The topological polar surface area (TPSA) is 54.4 Å². The fourth-order valence-corrected chi connectivity index (χ4v) is 5.50. The minimum absolute atomic E-state index is 0.0261. The molecule has 0 saturated carbocycles. The summed E-state index contributed by atoms with van der Waals surface area (Å²) in [5.41, 5.74) is 2.09. The highest BCUT2D eigenvalue weighted by molar-refractivity contribution is 8.38. The molecule has 0 radical (unpaired) electrons. The van der Waals surface area contributed by atoms with E-state index in [0.29, 0.717) is 5.57 Å². The number of carbonyl (C=O) groups is 2. The molecule has 1 aromatic rings. The summed E-state index contributed by atoms with van der Waals surface area (Å²) in [6.45, 7) is 3.72. The van der Waals surface area contributed by atoms with Gasteiger partial charge in [0.25, 0.3) is 0 Å². The number of thiophene rings is 1. The second-order valence-electron chi connectivity index (χ2n) is 5.36. The Labute approximate surface area is 130 Å². The Morgan fingerprint density at radius 2 is 1.95 bits per heavy atom. The van der Waals surface area contributed by atoms with E-state index in [0.717, 1.165) is 20.9 Å². The van der Waals surface area contributed by atoms with Gasteiger partial charge in [-0.1, -0.05) is 0 Å². The molecule has 0 aliphatic carbocycles. The van der Waals surface area contributed by atoms with E-state index in [1.165, 1.54) is 11.3 Å². The highest BCUT2D eigenvalue weighted by Crippen LogP contribution is 2.58. The molecule has 0 aromatic carbocycles. The van der Waals surface area contributed by atoms with Crippen LogP contribution in [0.2, 0.25) is 0 Å². The third kappa shape index (κ3) is 3.04. The summed E-state index contributed by atoms with van der Waals surface area (Å²) in [5, 5.41) is 12.9. The molecule has 3 nitrogen and oxygen atoms in total. The van der Waals surface area contributed by atoms with E-state index in [1.54, 1.807) is 12.2 Å². The van der Waals surface area contributed by atoms with Gasteiger partial charge in [-0.25, -0.2) is 4.79 Å². The third-order valence-electron chi connectivity index (χ3n) is 3.46. The molecule has 0 spiro atoms. The van der Waals surface area contributed by atoms with Crippen molar-refractivity contribution in [2.75, 3.05) is 12.5 Å². The lowest BCUT2D eigenvalue weighted by Gasteiger charge is -2.25. The first kappa shape index (κ1) is 15.8. The Balaban J connectivity index is 2.31. The van der Waals surface area contributed by atoms with Crippen LogP contribution < -0.4 is 0 Å². The van der Waals surface area contributed by atoms with Crippen LogP contribution in [-0.4, -0.2) is 29.4 Å². The Hall–Kier alpha value is -1.59. The van der Waals surface area contributed by atoms with Gasteiger partial charge in [-0.3, -0.25) is 4.79 Å². The maximum Gasteiger partial charge on any atom is 0.336 e. The normalized spacial score (nSPS) is 19.0. The van der Waals surface area contributed by atoms with E-state index >= 15 is 0 Å². The number of carbonyl (C=O) groups excluding carboxylic acids is 1. The van der Waals surface area contributed by atoms with Gasteiger partial charge < -0.3 is 5.11 Å². The SMILES string of the molecule is CC1=C(C=CC(=O)c2sccc2C)S(C)(C)C=C1C(=O)O. The summed E-state index contributed by atoms with van der Waals surface area (Å²) in [4.78, 5) is 25.1. The Bertz CT molecular complexity index is 703. The van der Waals surface area contributed by atoms with Gasteiger partial charge in [-0.05, 0) is 71.4 Å². The molecular formula is C16H18O3S2. The second kappa shape index (κ2) is 5.66. The zero-order valence-electron chi connectivity index (χ0n) is 12.5. The van der Waals surface area contributed by atoms with Crippen LogP contribution in [0.25, 0.3) is 0 Å². The Kier molecular flexibility index (Phi) is 4.25. The molecule has 0 unspecified atom stereocenters. The van der Waals surface area contributed by atoms with E-state index in [9.17, 15) is 14.7 Å². The number of aryl methyl sites for hydroxylation is 1. The van der Waals surface area contributed by atoms with Gasteiger partial charge in [-0.2, -0.15) is 10.0 Å². The molecule has 1 N–H and O–H groups in total. The molecule has 21 heavy (non-hydrogen) atoms. The van der Waals surface area contributed by atoms with Crippen molar-refractivity contribution in [1.29, 1.82) is 0 Å². The molecule has 1 aliphatic heterocycles. The predicted molar refractivity (Wildman–Crippen MR) is 90.4 cm³/mol. The van der Waals surface area contributed by atoms with Crippen LogP contribution in [0.5, 0.6) is 0 Å². The number of rotatable bonds is 4. The number of carboxylic acids is 1. The molecule has 0 atom stereocenters. The molecule has 0 amide bonds. The summed E-state index contributed by atoms with van der Waals surface area (Å²) in [6.07, 6.45) is 7.42. The van der Waals surface area contributed by atoms with Gasteiger partial charge in [0, 0.05) is 0 Å². The summed E-state index contributed by atoms with van der Waals surface area (Å²) in [6, 6.07) is 1.92. The molecule has 0 saturated heterocycles. The number of allylic oxidation sites excluding steroid dienone is 2. The number of ketones is 1. The average molecular weight is 322 g/mol. The zero-order chi connectivity index (χ0) is 15.8. The van der Waals surface area contributed by atoms with Crippen molar-refractivity contribution < 1.29 is 14.7 Å². The lowest BCUT2D eigenvalue weighted by atomic mass is 10.1. The van der Waals surface area contributed by atoms with Crippen LogP contribution in [0, 0.1) is 6.92 Å². The predicted octanol–water partition coefficient (Wildman–Crippen LogP) is 4.12. The minimum atomic E-state index is -1.30. The molecule has 1 aromatic heterocycles. The maximum atomic E-state index is 12.2. The first-order chi connectivity index (χ1) is 9.74. The monoisotopic (exact) mass is 322 g/mol. The van der Waals surface area contributed by atoms with Gasteiger partial charge in [0.2, 0.25) is 0 Å². The van der Waals surface area contributed by atoms with Gasteiger partial charge in [-0.15, -0.1) is 11.3 Å². The smallest absolute Gasteiger partial charge is 0.336 e. The second-order valence-corrected chi connectivity index (χ2v) is 9.77. The van der Waals surface area contributed by atoms with Crippen molar-refractivity contribution in [3.63, 3.8) is 0 Å². The Morgan fingerprint density at radius 3 is 2.43 bits per heavy atom. The first-order valence-electron chi connectivity index (χ1n) is 6.40. The van der Waals surface area contributed by atoms with Crippen molar-refractivity contribution in [3.05, 3.63) is 55.5 Å². The van der Waals surface area contributed by atoms with Crippen molar-refractivity contribution in [2.45, 2.75) is 13.8 Å². The van der Waals surface area contributed by atoms with Gasteiger partial charge in [0.15, 0.2) is 5.78 Å². The van der Waals surface area contributed by atoms with Crippen molar-refractivity contribution in [2.24, 2.45) is 0 Å². The Morgan fingerprint density at radius 1 is 1.29 bits per heavy atom. The highest BCUT2D eigenvalue weighted by Gasteiger charge is 2.28. The molecule has 0 bridgehead atoms. The third-order valence-corrected chi connectivity index (χ3v) is 6.89. The lowest BCUT2D eigenvalue weighted by Crippen LogP contribution is -1.99. The highest BCUT2D eigenvalue weighted by atomic mass is 32.3. The standard InChI is InChI=1S/C16H18O3S2/c1-10-7-8-20-15(10)13(17)5-6-14-11(2)12(16(18)19)9-21(14,3)4/h5-9H,1-4H3,(H,18,19). The largest absolute Gasteiger partial charge is 0.478 e. The summed E-state index contributed by atoms with van der Waals surface area (Å²) in [5.74, 6) is -0.932. The van der Waals surface area contributed by atoms with Crippen LogP contribution >= 0.6 is 21.4 Å². The number of carboxylic acid groups (broad SMARTS) is 1. The van der Waals surface area contributed by atoms with Gasteiger partial charge in [0.1, 0.15) is 0 Å². The number of hydrogen-bond donors (Lipinski definition) is 1. The first-order valence-corrected chi connectivity index (χ1v) is 9.79. The fraction of sp³-hybridized carbons (Fsp3) is 0.250. The van der Waals surface area contributed by atoms with Gasteiger partial charge >= 0.3 is 5.97 Å². The summed E-state index contributed by atoms with van der Waals surface area (Å²) in [7, 11) is -1.30. The summed E-state index contributed by atoms with van der Waals surface area (Å²) >= 11 is 1.43. The quantitative estimate of drug-likeness (QED) is 0.670. The van der Waals surface area contributed by atoms with Crippen molar-refractivity contribution in [3.8, 4) is 0 Å². The van der Waals surface area contributed by atoms with Gasteiger partial charge in [0.05, 0.1) is 10.5 Å². The molecule has 1 aliphatic rings. The molecule has 5 heteroatoms.